The molecule has 0 aromatic carbocycles. The van der Waals surface area contributed by atoms with E-state index < -0.39 is 0 Å². The van der Waals surface area contributed by atoms with Crippen LogP contribution in [0.5, 0.6) is 0 Å². The van der Waals surface area contributed by atoms with Crippen molar-refractivity contribution in [1.29, 1.82) is 0 Å². The predicted molar refractivity (Wildman–Crippen MR) is 109 cm³/mol. The number of aryl methyl sites for hydroxylation is 1. The Labute approximate surface area is 168 Å². The Hall–Kier alpha value is -1.34. The minimum Gasteiger partial charge on any atom is -0.410 e. The van der Waals surface area contributed by atoms with Gasteiger partial charge in [-0.3, -0.25) is 4.79 Å². The molecule has 5 nitrogen and oxygen atoms in total. The molecule has 1 fully saturated rings. The van der Waals surface area contributed by atoms with Gasteiger partial charge in [0, 0.05) is 17.0 Å². The summed E-state index contributed by atoms with van der Waals surface area (Å²) in [6.07, 6.45) is 6.93. The fourth-order valence-electron chi connectivity index (χ4n) is 4.29. The third-order valence-electron chi connectivity index (χ3n) is 5.75. The molecule has 0 radical (unpaired) electrons. The third-order valence-corrected chi connectivity index (χ3v) is 7.78. The van der Waals surface area contributed by atoms with Gasteiger partial charge in [0.05, 0.1) is 10.6 Å². The molecule has 146 valence electrons. The summed E-state index contributed by atoms with van der Waals surface area (Å²) >= 11 is 3.12. The predicted octanol–water partition coefficient (Wildman–Crippen LogP) is 4.80. The van der Waals surface area contributed by atoms with E-state index in [-0.39, 0.29) is 5.91 Å². The number of fused-ring (bicyclic) bond motifs is 1. The van der Waals surface area contributed by atoms with Crippen molar-refractivity contribution >= 4 is 29.0 Å². The smallest absolute Gasteiger partial charge is 0.277 e. The Morgan fingerprint density at radius 1 is 1.26 bits per heavy atom. The van der Waals surface area contributed by atoms with E-state index in [9.17, 15) is 4.79 Å². The number of piperidine rings is 1. The van der Waals surface area contributed by atoms with E-state index in [4.69, 9.17) is 4.42 Å². The van der Waals surface area contributed by atoms with Crippen LogP contribution in [0.2, 0.25) is 0 Å². The van der Waals surface area contributed by atoms with Crippen molar-refractivity contribution in [3.63, 3.8) is 0 Å². The van der Waals surface area contributed by atoms with Crippen molar-refractivity contribution in [2.45, 2.75) is 76.6 Å². The minimum absolute atomic E-state index is 0.167. The number of amides is 1. The van der Waals surface area contributed by atoms with Gasteiger partial charge < -0.3 is 9.32 Å². The third kappa shape index (κ3) is 4.09. The monoisotopic (exact) mass is 405 g/mol. The average molecular weight is 406 g/mol. The van der Waals surface area contributed by atoms with E-state index in [0.29, 0.717) is 29.0 Å². The van der Waals surface area contributed by atoms with Crippen LogP contribution in [-0.4, -0.2) is 38.8 Å². The lowest BCUT2D eigenvalue weighted by Gasteiger charge is -2.39. The zero-order chi connectivity index (χ0) is 19.0. The summed E-state index contributed by atoms with van der Waals surface area (Å²) in [6, 6.07) is 2.85. The van der Waals surface area contributed by atoms with Crippen LogP contribution in [0.1, 0.15) is 56.9 Å². The number of carbonyl (C=O) groups excluding carboxylic acids is 1. The van der Waals surface area contributed by atoms with Crippen LogP contribution in [0.25, 0.3) is 10.8 Å². The average Bonchev–Trinajstić information content (AvgIpc) is 3.26. The molecule has 1 saturated heterocycles. The second kappa shape index (κ2) is 7.95. The number of carbonyl (C=O) groups is 1. The Balaban J connectivity index is 1.39. The lowest BCUT2D eigenvalue weighted by Crippen LogP contribution is -2.48. The maximum atomic E-state index is 12.6. The molecule has 7 heteroatoms. The molecule has 4 rings (SSSR count). The molecular formula is C20H27N3O2S2. The molecule has 2 aliphatic rings. The number of hydrogen-bond acceptors (Lipinski definition) is 6. The normalized spacial score (nSPS) is 25.4. The number of hydrogen-bond donors (Lipinski definition) is 0. The first kappa shape index (κ1) is 19.0. The first-order chi connectivity index (χ1) is 13.0. The lowest BCUT2D eigenvalue weighted by molar-refractivity contribution is -0.134. The van der Waals surface area contributed by atoms with Gasteiger partial charge in [-0.25, -0.2) is 0 Å². The fourth-order valence-corrected chi connectivity index (χ4v) is 6.05. The zero-order valence-corrected chi connectivity index (χ0v) is 17.9. The summed E-state index contributed by atoms with van der Waals surface area (Å²) in [5.74, 6) is 1.85. The topological polar surface area (TPSA) is 59.2 Å². The SMILES string of the molecule is C[C@@H]1CCc2sc(-c3nnc(SCC(=O)N4[C@H](C)CCC[C@@H]4C)o3)cc2C1. The van der Waals surface area contributed by atoms with Crippen LogP contribution < -0.4 is 0 Å². The first-order valence-corrected chi connectivity index (χ1v) is 11.7. The number of aromatic nitrogens is 2. The van der Waals surface area contributed by atoms with E-state index in [1.807, 2.05) is 4.90 Å². The lowest BCUT2D eigenvalue weighted by atomic mass is 9.90. The van der Waals surface area contributed by atoms with Crippen LogP contribution in [0.4, 0.5) is 0 Å². The van der Waals surface area contributed by atoms with Gasteiger partial charge in [0.1, 0.15) is 0 Å². The maximum absolute atomic E-state index is 12.6. The molecule has 0 saturated carbocycles. The highest BCUT2D eigenvalue weighted by Crippen LogP contribution is 2.37. The van der Waals surface area contributed by atoms with Crippen LogP contribution >= 0.6 is 23.1 Å². The van der Waals surface area contributed by atoms with Gasteiger partial charge >= 0.3 is 0 Å². The molecular weight excluding hydrogens is 378 g/mol. The van der Waals surface area contributed by atoms with E-state index >= 15 is 0 Å². The summed E-state index contributed by atoms with van der Waals surface area (Å²) in [7, 11) is 0. The van der Waals surface area contributed by atoms with Crippen molar-refractivity contribution in [2.24, 2.45) is 5.92 Å². The standard InChI is InChI=1S/C20H27N3O2S2/c1-12-7-8-16-15(9-12)10-17(27-16)19-21-22-20(25-19)26-11-18(24)23-13(2)5-4-6-14(23)3/h10,12-14H,4-9,11H2,1-3H3/t12-,13-,14+/m1/s1. The molecule has 2 aromatic heterocycles. The fraction of sp³-hybridized carbons (Fsp3) is 0.650. The molecule has 3 atom stereocenters. The van der Waals surface area contributed by atoms with Crippen LogP contribution in [0, 0.1) is 5.92 Å². The van der Waals surface area contributed by atoms with Crippen molar-refractivity contribution in [3.8, 4) is 10.8 Å². The highest BCUT2D eigenvalue weighted by molar-refractivity contribution is 7.99. The van der Waals surface area contributed by atoms with Crippen LogP contribution in [-0.2, 0) is 17.6 Å². The summed E-state index contributed by atoms with van der Waals surface area (Å²) in [5, 5.41) is 8.85. The Bertz CT molecular complexity index is 806. The van der Waals surface area contributed by atoms with Crippen molar-refractivity contribution < 1.29 is 9.21 Å². The number of thiophene rings is 1. The van der Waals surface area contributed by atoms with Gasteiger partial charge in [0.2, 0.25) is 5.91 Å². The molecule has 0 spiro atoms. The quantitative estimate of drug-likeness (QED) is 0.684. The molecule has 1 aliphatic heterocycles. The first-order valence-electron chi connectivity index (χ1n) is 9.90. The number of nitrogens with zero attached hydrogens (tertiary/aromatic N) is 3. The minimum atomic E-state index is 0.167. The summed E-state index contributed by atoms with van der Waals surface area (Å²) in [5.41, 5.74) is 1.43. The summed E-state index contributed by atoms with van der Waals surface area (Å²) in [6.45, 7) is 6.59. The highest BCUT2D eigenvalue weighted by atomic mass is 32.2. The van der Waals surface area contributed by atoms with Crippen molar-refractivity contribution in [1.82, 2.24) is 15.1 Å². The van der Waals surface area contributed by atoms with Gasteiger partial charge in [0.15, 0.2) is 0 Å². The molecule has 0 unspecified atom stereocenters. The van der Waals surface area contributed by atoms with E-state index in [1.54, 1.807) is 11.3 Å². The van der Waals surface area contributed by atoms with Gasteiger partial charge in [-0.05, 0) is 69.9 Å². The molecule has 2 aromatic rings. The van der Waals surface area contributed by atoms with Gasteiger partial charge in [-0.1, -0.05) is 18.7 Å². The number of likely N-dealkylation sites (tertiary alicyclic amines) is 1. The largest absolute Gasteiger partial charge is 0.410 e. The van der Waals surface area contributed by atoms with Crippen molar-refractivity contribution in [3.05, 3.63) is 16.5 Å². The van der Waals surface area contributed by atoms with Gasteiger partial charge in [0.25, 0.3) is 11.1 Å². The van der Waals surface area contributed by atoms with Crippen LogP contribution in [0.3, 0.4) is 0 Å². The van der Waals surface area contributed by atoms with Gasteiger partial charge in [-0.15, -0.1) is 21.5 Å². The molecule has 0 bridgehead atoms. The van der Waals surface area contributed by atoms with Crippen LogP contribution in [0.15, 0.2) is 15.7 Å². The second-order valence-electron chi connectivity index (χ2n) is 8.00. The van der Waals surface area contributed by atoms with Crippen molar-refractivity contribution in [2.75, 3.05) is 5.75 Å². The molecule has 1 aliphatic carbocycles. The number of thioether (sulfide) groups is 1. The highest BCUT2D eigenvalue weighted by Gasteiger charge is 2.29. The molecule has 27 heavy (non-hydrogen) atoms. The Morgan fingerprint density at radius 3 is 2.81 bits per heavy atom. The Morgan fingerprint density at radius 2 is 2.04 bits per heavy atom. The summed E-state index contributed by atoms with van der Waals surface area (Å²) in [4.78, 5) is 17.2. The van der Waals surface area contributed by atoms with E-state index in [2.05, 4.69) is 37.0 Å². The second-order valence-corrected chi connectivity index (χ2v) is 10.1. The Kier molecular flexibility index (Phi) is 5.60. The van der Waals surface area contributed by atoms with E-state index in [0.717, 1.165) is 36.5 Å². The molecule has 3 heterocycles. The molecule has 1 amide bonds. The number of rotatable bonds is 4. The van der Waals surface area contributed by atoms with E-state index in [1.165, 1.54) is 35.0 Å². The van der Waals surface area contributed by atoms with Gasteiger partial charge in [-0.2, -0.15) is 0 Å². The zero-order valence-electron chi connectivity index (χ0n) is 16.2. The maximum Gasteiger partial charge on any atom is 0.277 e. The molecule has 0 N–H and O–H groups in total. The summed E-state index contributed by atoms with van der Waals surface area (Å²) < 4.78 is 5.85.